The maximum absolute atomic E-state index is 12.3. The number of thioether (sulfide) groups is 1. The number of rotatable bonds is 3. The van der Waals surface area contributed by atoms with Crippen molar-refractivity contribution in [2.75, 3.05) is 48.1 Å². The first kappa shape index (κ1) is 18.8. The van der Waals surface area contributed by atoms with Gasteiger partial charge >= 0.3 is 14.1 Å². The quantitative estimate of drug-likeness (QED) is 0.570. The number of aromatic nitrogens is 1. The average molecular weight is 393 g/mol. The Morgan fingerprint density at radius 1 is 1.46 bits per heavy atom. The van der Waals surface area contributed by atoms with Crippen LogP contribution < -0.4 is 15.1 Å². The van der Waals surface area contributed by atoms with Gasteiger partial charge in [0, 0.05) is 32.4 Å². The molecule has 0 unspecified atom stereocenters. The monoisotopic (exact) mass is 393 g/mol. The fraction of sp³-hybridized carbons (Fsp3) is 0.467. The summed E-state index contributed by atoms with van der Waals surface area (Å²) in [7, 11) is 2.99. The van der Waals surface area contributed by atoms with E-state index >= 15 is 0 Å². The largest absolute Gasteiger partial charge is 0.528 e. The summed E-state index contributed by atoms with van der Waals surface area (Å²) in [5, 5.41) is 2.64. The van der Waals surface area contributed by atoms with E-state index in [0.717, 1.165) is 37.0 Å². The van der Waals surface area contributed by atoms with Gasteiger partial charge in [0.25, 0.3) is 0 Å². The molecule has 2 aliphatic rings. The van der Waals surface area contributed by atoms with Gasteiger partial charge in [0.2, 0.25) is 5.91 Å². The number of carbonyl (C=O) groups excluding carboxylic acids is 2. The molecule has 138 valence electrons. The van der Waals surface area contributed by atoms with Crippen LogP contribution in [0.1, 0.15) is 0 Å². The van der Waals surface area contributed by atoms with Gasteiger partial charge in [-0.05, 0) is 24.4 Å². The van der Waals surface area contributed by atoms with Crippen LogP contribution in [0.2, 0.25) is 0 Å². The van der Waals surface area contributed by atoms with Crippen LogP contribution in [-0.4, -0.2) is 73.4 Å². The first-order valence-corrected chi connectivity index (χ1v) is 9.76. The molecular weight excluding hydrogens is 373 g/mol. The molecule has 3 heterocycles. The summed E-state index contributed by atoms with van der Waals surface area (Å²) in [6.07, 6.45) is 1.13. The molecule has 2 fully saturated rings. The third-order valence-corrected chi connectivity index (χ3v) is 5.78. The molecule has 0 atom stereocenters. The topological polar surface area (TPSA) is 78.0 Å². The van der Waals surface area contributed by atoms with Gasteiger partial charge in [-0.25, -0.2) is 9.78 Å². The molecule has 2 saturated heterocycles. The summed E-state index contributed by atoms with van der Waals surface area (Å²) in [5.74, 6) is 2.80. The Hall–Kier alpha value is -2.01. The van der Waals surface area contributed by atoms with E-state index in [0.29, 0.717) is 5.82 Å². The van der Waals surface area contributed by atoms with E-state index in [1.165, 1.54) is 8.05 Å². The van der Waals surface area contributed by atoms with E-state index in [1.54, 1.807) is 29.9 Å². The lowest BCUT2D eigenvalue weighted by Gasteiger charge is -2.41. The minimum Gasteiger partial charge on any atom is -0.528 e. The highest BCUT2D eigenvalue weighted by Gasteiger charge is 2.36. The molecule has 3 rings (SSSR count). The van der Waals surface area contributed by atoms with E-state index in [4.69, 9.17) is 12.2 Å². The van der Waals surface area contributed by atoms with Crippen LogP contribution in [0.25, 0.3) is 0 Å². The van der Waals surface area contributed by atoms with Crippen molar-refractivity contribution in [3.8, 4) is 0 Å². The summed E-state index contributed by atoms with van der Waals surface area (Å²) in [6.45, 7) is 2.31. The van der Waals surface area contributed by atoms with E-state index in [2.05, 4.69) is 19.9 Å². The lowest BCUT2D eigenvalue weighted by atomic mass is 9.98. The van der Waals surface area contributed by atoms with Gasteiger partial charge in [-0.15, -0.1) is 11.8 Å². The SMILES string of the molecule is BOC(=O)NC(=S)N(C)c1ccc(N2CC(C(=O)N3CCSC3)C2)cn1. The summed E-state index contributed by atoms with van der Waals surface area (Å²) < 4.78 is 4.52. The number of anilines is 2. The number of carbonyl (C=O) groups is 2. The third-order valence-electron chi connectivity index (χ3n) is 4.44. The second kappa shape index (κ2) is 8.13. The highest BCUT2D eigenvalue weighted by Crippen LogP contribution is 2.28. The predicted octanol–water partition coefficient (Wildman–Crippen LogP) is 0.0461. The van der Waals surface area contributed by atoms with Crippen LogP contribution in [0.5, 0.6) is 0 Å². The Bertz CT molecular complexity index is 693. The standard InChI is InChI=1S/C15H20BN5O3S2/c1-19(14(25)18-15(23)24-16)12-3-2-11(6-17-12)21-7-10(8-21)13(22)20-4-5-26-9-20/h2-3,6,10H,4-5,7-9,16H2,1H3,(H,18,23,25). The molecule has 2 amide bonds. The minimum atomic E-state index is -0.619. The van der Waals surface area contributed by atoms with Gasteiger partial charge in [-0.2, -0.15) is 0 Å². The molecule has 1 aromatic heterocycles. The summed E-state index contributed by atoms with van der Waals surface area (Å²) in [5.41, 5.74) is 0.967. The van der Waals surface area contributed by atoms with E-state index < -0.39 is 6.09 Å². The zero-order chi connectivity index (χ0) is 18.7. The number of hydrogen-bond donors (Lipinski definition) is 1. The molecule has 1 aromatic rings. The Balaban J connectivity index is 1.53. The molecule has 11 heteroatoms. The first-order chi connectivity index (χ1) is 12.5. The number of amides is 2. The normalized spacial score (nSPS) is 16.8. The Kier molecular flexibility index (Phi) is 5.87. The molecule has 0 aliphatic carbocycles. The number of nitrogens with one attached hydrogen (secondary N) is 1. The van der Waals surface area contributed by atoms with Crippen LogP contribution in [0.3, 0.4) is 0 Å². The summed E-state index contributed by atoms with van der Waals surface area (Å²) >= 11 is 6.94. The molecular formula is C15H20BN5O3S2. The maximum atomic E-state index is 12.3. The van der Waals surface area contributed by atoms with Crippen molar-refractivity contribution in [1.82, 2.24) is 15.2 Å². The highest BCUT2D eigenvalue weighted by atomic mass is 32.2. The van der Waals surface area contributed by atoms with Gasteiger partial charge in [0.05, 0.1) is 23.7 Å². The molecule has 0 aromatic carbocycles. The van der Waals surface area contributed by atoms with Crippen molar-refractivity contribution in [2.24, 2.45) is 5.92 Å². The Morgan fingerprint density at radius 2 is 2.23 bits per heavy atom. The number of thiocarbonyl (C=S) groups is 1. The first-order valence-electron chi connectivity index (χ1n) is 8.19. The fourth-order valence-corrected chi connectivity index (χ4v) is 3.91. The van der Waals surface area contributed by atoms with E-state index in [-0.39, 0.29) is 16.9 Å². The number of nitrogens with zero attached hydrogens (tertiary/aromatic N) is 4. The molecule has 0 spiro atoms. The fourth-order valence-electron chi connectivity index (χ4n) is 2.78. The minimum absolute atomic E-state index is 0.0767. The highest BCUT2D eigenvalue weighted by molar-refractivity contribution is 7.99. The van der Waals surface area contributed by atoms with Crippen molar-refractivity contribution >= 4 is 60.6 Å². The maximum Gasteiger partial charge on any atom is 0.395 e. The molecule has 0 bridgehead atoms. The second-order valence-corrected chi connectivity index (χ2v) is 7.56. The Labute approximate surface area is 162 Å². The number of pyridine rings is 1. The molecule has 26 heavy (non-hydrogen) atoms. The average Bonchev–Trinajstić information content (AvgIpc) is 3.14. The Morgan fingerprint density at radius 3 is 2.81 bits per heavy atom. The summed E-state index contributed by atoms with van der Waals surface area (Å²) in [6, 6.07) is 3.76. The molecule has 8 nitrogen and oxygen atoms in total. The van der Waals surface area contributed by atoms with Gasteiger partial charge in [-0.3, -0.25) is 10.1 Å². The lowest BCUT2D eigenvalue weighted by molar-refractivity contribution is -0.134. The summed E-state index contributed by atoms with van der Waals surface area (Å²) in [4.78, 5) is 33.6. The van der Waals surface area contributed by atoms with Gasteiger partial charge in [0.15, 0.2) is 5.11 Å². The lowest BCUT2D eigenvalue weighted by Crippen LogP contribution is -2.54. The van der Waals surface area contributed by atoms with Crippen LogP contribution in [0, 0.1) is 5.92 Å². The van der Waals surface area contributed by atoms with Crippen molar-refractivity contribution in [2.45, 2.75) is 0 Å². The predicted molar refractivity (Wildman–Crippen MR) is 108 cm³/mol. The van der Waals surface area contributed by atoms with Crippen LogP contribution in [0.15, 0.2) is 18.3 Å². The zero-order valence-corrected chi connectivity index (χ0v) is 16.3. The molecule has 2 aliphatic heterocycles. The van der Waals surface area contributed by atoms with E-state index in [1.807, 2.05) is 17.0 Å². The van der Waals surface area contributed by atoms with Gasteiger partial charge in [-0.1, -0.05) is 0 Å². The van der Waals surface area contributed by atoms with Crippen LogP contribution in [0.4, 0.5) is 16.3 Å². The van der Waals surface area contributed by atoms with Crippen molar-refractivity contribution < 1.29 is 14.2 Å². The molecule has 0 saturated carbocycles. The van der Waals surface area contributed by atoms with Crippen molar-refractivity contribution in [3.05, 3.63) is 18.3 Å². The third kappa shape index (κ3) is 4.04. The van der Waals surface area contributed by atoms with Gasteiger partial charge < -0.3 is 19.4 Å². The van der Waals surface area contributed by atoms with Crippen molar-refractivity contribution in [3.63, 3.8) is 0 Å². The zero-order valence-electron chi connectivity index (χ0n) is 14.7. The second-order valence-electron chi connectivity index (χ2n) is 6.10. The van der Waals surface area contributed by atoms with Crippen LogP contribution >= 0.6 is 24.0 Å². The number of hydrogen-bond acceptors (Lipinski definition) is 7. The van der Waals surface area contributed by atoms with Crippen molar-refractivity contribution in [1.29, 1.82) is 0 Å². The van der Waals surface area contributed by atoms with E-state index in [9.17, 15) is 9.59 Å². The van der Waals surface area contributed by atoms with Crippen LogP contribution in [-0.2, 0) is 9.45 Å². The van der Waals surface area contributed by atoms with Gasteiger partial charge in [0.1, 0.15) is 5.82 Å². The molecule has 0 radical (unpaired) electrons. The smallest absolute Gasteiger partial charge is 0.395 e. The molecule has 1 N–H and O–H groups in total.